The second-order valence-corrected chi connectivity index (χ2v) is 3.78. The predicted molar refractivity (Wildman–Crippen MR) is 66.3 cm³/mol. The highest BCUT2D eigenvalue weighted by molar-refractivity contribution is 5.70. The van der Waals surface area contributed by atoms with Crippen LogP contribution in [0.3, 0.4) is 0 Å². The maximum Gasteiger partial charge on any atom is 0.344 e. The third-order valence-electron chi connectivity index (χ3n) is 2.37. The number of halogens is 1. The molecule has 0 aromatic carbocycles. The van der Waals surface area contributed by atoms with Crippen molar-refractivity contribution in [3.63, 3.8) is 0 Å². The van der Waals surface area contributed by atoms with Gasteiger partial charge in [0, 0.05) is 13.2 Å². The molecule has 2 rings (SSSR count). The zero-order chi connectivity index (χ0) is 14.5. The van der Waals surface area contributed by atoms with Gasteiger partial charge in [-0.25, -0.2) is 14.5 Å². The summed E-state index contributed by atoms with van der Waals surface area (Å²) < 4.78 is 24.7. The third kappa shape index (κ3) is 3.08. The number of nitrogens with zero attached hydrogens (tertiary/aromatic N) is 4. The van der Waals surface area contributed by atoms with E-state index in [-0.39, 0.29) is 30.6 Å². The second kappa shape index (κ2) is 6.09. The largest absolute Gasteiger partial charge is 0.463 e. The second-order valence-electron chi connectivity index (χ2n) is 3.78. The maximum atomic E-state index is 13.6. The number of rotatable bonds is 5. The predicted octanol–water partition coefficient (Wildman–Crippen LogP) is 0.958. The van der Waals surface area contributed by atoms with Crippen molar-refractivity contribution in [1.29, 1.82) is 0 Å². The Hall–Kier alpha value is -2.51. The Balaban J connectivity index is 2.14. The molecule has 0 saturated heterocycles. The van der Waals surface area contributed by atoms with Crippen LogP contribution in [0.5, 0.6) is 6.01 Å². The minimum atomic E-state index is -0.653. The zero-order valence-electron chi connectivity index (χ0n) is 11.0. The topological polar surface area (TPSA) is 79.1 Å². The van der Waals surface area contributed by atoms with Crippen LogP contribution in [0.1, 0.15) is 6.92 Å². The van der Waals surface area contributed by atoms with Gasteiger partial charge < -0.3 is 9.47 Å². The van der Waals surface area contributed by atoms with Gasteiger partial charge in [-0.05, 0) is 19.1 Å². The van der Waals surface area contributed by atoms with Gasteiger partial charge in [0.25, 0.3) is 0 Å². The molecule has 0 aliphatic carbocycles. The molecule has 8 heteroatoms. The molecule has 0 radical (unpaired) electrons. The number of ether oxygens (including phenoxy) is 2. The number of carbonyl (C=O) groups is 1. The highest BCUT2D eigenvalue weighted by atomic mass is 19.1. The highest BCUT2D eigenvalue weighted by Crippen LogP contribution is 2.20. The molecule has 0 aliphatic rings. The average Bonchev–Trinajstić information content (AvgIpc) is 2.79. The average molecular weight is 280 g/mol. The first-order valence-corrected chi connectivity index (χ1v) is 5.92. The van der Waals surface area contributed by atoms with Gasteiger partial charge in [-0.15, -0.1) is 5.10 Å². The molecule has 0 bridgehead atoms. The SMILES string of the molecule is CCOC(=O)COc1nc(-c2cccnc2F)n(C)n1. The van der Waals surface area contributed by atoms with Crippen LogP contribution in [0.25, 0.3) is 11.4 Å². The van der Waals surface area contributed by atoms with E-state index in [1.165, 1.54) is 16.9 Å². The molecule has 2 heterocycles. The number of carbonyl (C=O) groups excluding carboxylic acids is 1. The summed E-state index contributed by atoms with van der Waals surface area (Å²) in [5.74, 6) is -0.913. The van der Waals surface area contributed by atoms with E-state index in [0.717, 1.165) is 0 Å². The Morgan fingerprint density at radius 3 is 3.00 bits per heavy atom. The first-order chi connectivity index (χ1) is 9.61. The highest BCUT2D eigenvalue weighted by Gasteiger charge is 2.15. The molecule has 106 valence electrons. The van der Waals surface area contributed by atoms with Crippen LogP contribution in [0.15, 0.2) is 18.3 Å². The van der Waals surface area contributed by atoms with Crippen LogP contribution >= 0.6 is 0 Å². The lowest BCUT2D eigenvalue weighted by atomic mass is 10.2. The summed E-state index contributed by atoms with van der Waals surface area (Å²) in [7, 11) is 1.59. The Bertz CT molecular complexity index is 614. The monoisotopic (exact) mass is 280 g/mol. The van der Waals surface area contributed by atoms with Crippen molar-refractivity contribution >= 4 is 5.97 Å². The quantitative estimate of drug-likeness (QED) is 0.599. The van der Waals surface area contributed by atoms with Crippen molar-refractivity contribution in [1.82, 2.24) is 19.7 Å². The van der Waals surface area contributed by atoms with E-state index >= 15 is 0 Å². The third-order valence-corrected chi connectivity index (χ3v) is 2.37. The Morgan fingerprint density at radius 2 is 2.30 bits per heavy atom. The van der Waals surface area contributed by atoms with Crippen LogP contribution in [-0.4, -0.2) is 38.9 Å². The summed E-state index contributed by atoms with van der Waals surface area (Å²) in [4.78, 5) is 18.7. The first kappa shape index (κ1) is 13.9. The van der Waals surface area contributed by atoms with Crippen molar-refractivity contribution in [2.45, 2.75) is 6.92 Å². The Morgan fingerprint density at radius 1 is 1.50 bits per heavy atom. The van der Waals surface area contributed by atoms with Crippen molar-refractivity contribution in [3.05, 3.63) is 24.3 Å². The number of esters is 1. The van der Waals surface area contributed by atoms with E-state index in [1.807, 2.05) is 0 Å². The summed E-state index contributed by atoms with van der Waals surface area (Å²) >= 11 is 0. The van der Waals surface area contributed by atoms with Crippen LogP contribution in [0, 0.1) is 5.95 Å². The molecule has 0 spiro atoms. The van der Waals surface area contributed by atoms with Gasteiger partial charge in [-0.2, -0.15) is 9.37 Å². The molecule has 7 nitrogen and oxygen atoms in total. The van der Waals surface area contributed by atoms with E-state index in [9.17, 15) is 9.18 Å². The lowest BCUT2D eigenvalue weighted by Crippen LogP contribution is -2.15. The standard InChI is InChI=1S/C12H13FN4O3/c1-3-19-9(18)7-20-12-15-11(17(2)16-12)8-5-4-6-14-10(8)13/h4-6H,3,7H2,1-2H3. The number of pyridine rings is 1. The summed E-state index contributed by atoms with van der Waals surface area (Å²) in [6.07, 6.45) is 1.34. The van der Waals surface area contributed by atoms with Gasteiger partial charge in [0.15, 0.2) is 12.4 Å². The number of hydrogen-bond acceptors (Lipinski definition) is 6. The van der Waals surface area contributed by atoms with Crippen LogP contribution in [-0.2, 0) is 16.6 Å². The molecule has 0 unspecified atom stereocenters. The summed E-state index contributed by atoms with van der Waals surface area (Å²) in [5.41, 5.74) is 0.202. The minimum absolute atomic E-state index is 0.0289. The van der Waals surface area contributed by atoms with Crippen molar-refractivity contribution in [2.24, 2.45) is 7.05 Å². The molecule has 2 aromatic rings. The summed E-state index contributed by atoms with van der Waals surface area (Å²) in [5, 5.41) is 3.94. The van der Waals surface area contributed by atoms with E-state index in [1.54, 1.807) is 20.0 Å². The van der Waals surface area contributed by atoms with Crippen molar-refractivity contribution in [3.8, 4) is 17.4 Å². The van der Waals surface area contributed by atoms with Crippen molar-refractivity contribution in [2.75, 3.05) is 13.2 Å². The van der Waals surface area contributed by atoms with E-state index in [4.69, 9.17) is 9.47 Å². The zero-order valence-corrected chi connectivity index (χ0v) is 11.0. The summed E-state index contributed by atoms with van der Waals surface area (Å²) in [6.45, 7) is 1.66. The molecule has 0 fully saturated rings. The molecule has 0 N–H and O–H groups in total. The van der Waals surface area contributed by atoms with Gasteiger partial charge in [-0.1, -0.05) is 0 Å². The normalized spacial score (nSPS) is 10.3. The lowest BCUT2D eigenvalue weighted by molar-refractivity contribution is -0.145. The van der Waals surface area contributed by atoms with Gasteiger partial charge in [0.1, 0.15) is 0 Å². The Kier molecular flexibility index (Phi) is 4.24. The van der Waals surface area contributed by atoms with E-state index < -0.39 is 11.9 Å². The van der Waals surface area contributed by atoms with Gasteiger partial charge in [-0.3, -0.25) is 0 Å². The number of aromatic nitrogens is 4. The van der Waals surface area contributed by atoms with Crippen LogP contribution < -0.4 is 4.74 Å². The number of hydrogen-bond donors (Lipinski definition) is 0. The maximum absolute atomic E-state index is 13.6. The van der Waals surface area contributed by atoms with E-state index in [2.05, 4.69) is 15.1 Å². The van der Waals surface area contributed by atoms with Gasteiger partial charge in [0.05, 0.1) is 12.2 Å². The Labute approximate surface area is 114 Å². The molecule has 0 amide bonds. The fourth-order valence-electron chi connectivity index (χ4n) is 1.54. The number of aryl methyl sites for hydroxylation is 1. The molecule has 0 aliphatic heterocycles. The molecule has 0 saturated carbocycles. The fourth-order valence-corrected chi connectivity index (χ4v) is 1.54. The molecule has 20 heavy (non-hydrogen) atoms. The first-order valence-electron chi connectivity index (χ1n) is 5.92. The van der Waals surface area contributed by atoms with E-state index in [0.29, 0.717) is 0 Å². The molecular formula is C12H13FN4O3. The van der Waals surface area contributed by atoms with Gasteiger partial charge in [0.2, 0.25) is 5.95 Å². The molecule has 2 aromatic heterocycles. The fraction of sp³-hybridized carbons (Fsp3) is 0.333. The van der Waals surface area contributed by atoms with Crippen LogP contribution in [0.4, 0.5) is 4.39 Å². The summed E-state index contributed by atoms with van der Waals surface area (Å²) in [6, 6.07) is 3.09. The smallest absolute Gasteiger partial charge is 0.344 e. The molecule has 0 atom stereocenters. The van der Waals surface area contributed by atoms with Crippen LogP contribution in [0.2, 0.25) is 0 Å². The molecular weight excluding hydrogens is 267 g/mol. The van der Waals surface area contributed by atoms with Gasteiger partial charge >= 0.3 is 12.0 Å². The minimum Gasteiger partial charge on any atom is -0.463 e. The lowest BCUT2D eigenvalue weighted by Gasteiger charge is -2.00. The van der Waals surface area contributed by atoms with Crippen molar-refractivity contribution < 1.29 is 18.7 Å².